The molecule has 0 bridgehead atoms. The highest BCUT2D eigenvalue weighted by Gasteiger charge is 2.28. The number of pyridine rings is 1. The monoisotopic (exact) mass is 598 g/mol. The fraction of sp³-hybridized carbons (Fsp3) is 0.394. The van der Waals surface area contributed by atoms with E-state index in [9.17, 15) is 19.5 Å². The van der Waals surface area contributed by atoms with E-state index < -0.39 is 17.4 Å². The van der Waals surface area contributed by atoms with Gasteiger partial charge in [-0.1, -0.05) is 30.3 Å². The van der Waals surface area contributed by atoms with Crippen molar-refractivity contribution < 1.29 is 14.6 Å². The number of amides is 1. The maximum absolute atomic E-state index is 14.0. The van der Waals surface area contributed by atoms with Gasteiger partial charge in [-0.05, 0) is 50.1 Å². The first kappa shape index (κ1) is 29.6. The van der Waals surface area contributed by atoms with Crippen LogP contribution in [0.2, 0.25) is 0 Å². The van der Waals surface area contributed by atoms with Crippen molar-refractivity contribution in [2.75, 3.05) is 57.8 Å². The first-order chi connectivity index (χ1) is 21.4. The number of benzene rings is 2. The Bertz CT molecular complexity index is 1770. The Hall–Kier alpha value is -4.48. The maximum atomic E-state index is 14.0. The summed E-state index contributed by atoms with van der Waals surface area (Å²) in [6.45, 7) is 6.21. The predicted molar refractivity (Wildman–Crippen MR) is 169 cm³/mol. The van der Waals surface area contributed by atoms with Gasteiger partial charge in [-0.2, -0.15) is 0 Å². The summed E-state index contributed by atoms with van der Waals surface area (Å²) in [4.78, 5) is 52.4. The number of aliphatic hydroxyl groups is 1. The van der Waals surface area contributed by atoms with Crippen LogP contribution in [-0.4, -0.2) is 94.0 Å². The molecule has 2 fully saturated rings. The number of aryl methyl sites for hydroxylation is 1. The minimum absolute atomic E-state index is 0.0804. The summed E-state index contributed by atoms with van der Waals surface area (Å²) in [6.07, 6.45) is 0.897. The summed E-state index contributed by atoms with van der Waals surface area (Å²) in [5.74, 6) is 0.583. The summed E-state index contributed by atoms with van der Waals surface area (Å²) in [6, 6.07) is 18.2. The molecule has 2 aromatic heterocycles. The van der Waals surface area contributed by atoms with Crippen LogP contribution >= 0.6 is 0 Å². The molecule has 0 spiro atoms. The summed E-state index contributed by atoms with van der Waals surface area (Å²) in [5, 5.41) is 11.4. The SMILES string of the molecule is COc1ccccc1N1CCN(CC(O)Cn2c(=O)n(-c3ccccc3)c(=O)c3c(C(=O)N4CCCC4)cc(C)nc32)CC1. The Morgan fingerprint density at radius 1 is 0.932 bits per heavy atom. The molecule has 11 nitrogen and oxygen atoms in total. The van der Waals surface area contributed by atoms with Crippen molar-refractivity contribution in [3.05, 3.63) is 92.8 Å². The molecule has 2 saturated heterocycles. The Kier molecular flexibility index (Phi) is 8.49. The molecule has 0 radical (unpaired) electrons. The number of likely N-dealkylation sites (tertiary alicyclic amines) is 1. The third kappa shape index (κ3) is 5.72. The van der Waals surface area contributed by atoms with Crippen molar-refractivity contribution in [2.24, 2.45) is 0 Å². The number of aromatic nitrogens is 3. The quantitative estimate of drug-likeness (QED) is 0.329. The lowest BCUT2D eigenvalue weighted by Crippen LogP contribution is -2.50. The molecule has 1 unspecified atom stereocenters. The minimum Gasteiger partial charge on any atom is -0.495 e. The van der Waals surface area contributed by atoms with Gasteiger partial charge in [0.2, 0.25) is 0 Å². The van der Waals surface area contributed by atoms with Gasteiger partial charge in [0.15, 0.2) is 5.65 Å². The summed E-state index contributed by atoms with van der Waals surface area (Å²) < 4.78 is 7.97. The molecule has 0 saturated carbocycles. The van der Waals surface area contributed by atoms with E-state index in [1.807, 2.05) is 24.3 Å². The zero-order valence-corrected chi connectivity index (χ0v) is 25.2. The summed E-state index contributed by atoms with van der Waals surface area (Å²) in [7, 11) is 1.67. The lowest BCUT2D eigenvalue weighted by atomic mass is 10.1. The van der Waals surface area contributed by atoms with Gasteiger partial charge in [0.1, 0.15) is 5.75 Å². The number of hydrogen-bond acceptors (Lipinski definition) is 8. The lowest BCUT2D eigenvalue weighted by molar-refractivity contribution is 0.0794. The number of piperazine rings is 1. The zero-order chi connectivity index (χ0) is 30.8. The maximum Gasteiger partial charge on any atom is 0.337 e. The topological polar surface area (TPSA) is 113 Å². The fourth-order valence-electron chi connectivity index (χ4n) is 6.33. The van der Waals surface area contributed by atoms with E-state index in [4.69, 9.17) is 4.74 Å². The van der Waals surface area contributed by atoms with Gasteiger partial charge < -0.3 is 19.6 Å². The number of β-amino-alcohol motifs (C(OH)–C–C–N with tert-alkyl or cyclic N) is 1. The van der Waals surface area contributed by atoms with E-state index in [1.165, 1.54) is 4.57 Å². The Morgan fingerprint density at radius 2 is 1.61 bits per heavy atom. The van der Waals surface area contributed by atoms with Crippen LogP contribution in [0.1, 0.15) is 28.9 Å². The van der Waals surface area contributed by atoms with Crippen LogP contribution in [0.4, 0.5) is 5.69 Å². The van der Waals surface area contributed by atoms with Crippen LogP contribution in [0.25, 0.3) is 16.7 Å². The van der Waals surface area contributed by atoms with E-state index >= 15 is 0 Å². The third-order valence-corrected chi connectivity index (χ3v) is 8.52. The zero-order valence-electron chi connectivity index (χ0n) is 25.2. The fourth-order valence-corrected chi connectivity index (χ4v) is 6.33. The predicted octanol–water partition coefficient (Wildman–Crippen LogP) is 2.28. The molecule has 11 heteroatoms. The Labute approximate surface area is 255 Å². The number of carbonyl (C=O) groups excluding carboxylic acids is 1. The number of hydrogen-bond donors (Lipinski definition) is 1. The Morgan fingerprint density at radius 3 is 2.32 bits per heavy atom. The molecule has 1 N–H and O–H groups in total. The van der Waals surface area contributed by atoms with Crippen LogP contribution in [0, 0.1) is 6.92 Å². The Balaban J connectivity index is 1.32. The smallest absolute Gasteiger partial charge is 0.337 e. The van der Waals surface area contributed by atoms with Gasteiger partial charge in [-0.15, -0.1) is 0 Å². The number of carbonyl (C=O) groups is 1. The van der Waals surface area contributed by atoms with E-state index in [2.05, 4.69) is 14.8 Å². The van der Waals surface area contributed by atoms with Crippen LogP contribution < -0.4 is 20.9 Å². The van der Waals surface area contributed by atoms with Crippen molar-refractivity contribution in [3.63, 3.8) is 0 Å². The van der Waals surface area contributed by atoms with Crippen LogP contribution in [0.15, 0.2) is 70.3 Å². The standard InChI is InChI=1S/C33H38N6O5/c1-23-20-26(31(41)37-14-8-9-15-37)29-30(34-23)38(33(43)39(32(29)42)24-10-4-3-5-11-24)22-25(40)21-35-16-18-36(19-17-35)27-12-6-7-13-28(27)44-2/h3-7,10-13,20,25,40H,8-9,14-19,21-22H2,1-2H3. The van der Waals surface area contributed by atoms with Crippen molar-refractivity contribution >= 4 is 22.6 Å². The van der Waals surface area contributed by atoms with Crippen LogP contribution in [0.3, 0.4) is 0 Å². The number of ether oxygens (including phenoxy) is 1. The van der Waals surface area contributed by atoms with Gasteiger partial charge in [-0.25, -0.2) is 14.3 Å². The second-order valence-electron chi connectivity index (χ2n) is 11.5. The molecule has 6 rings (SSSR count). The molecule has 4 heterocycles. The molecule has 230 valence electrons. The largest absolute Gasteiger partial charge is 0.495 e. The van der Waals surface area contributed by atoms with E-state index in [0.29, 0.717) is 31.0 Å². The first-order valence-electron chi connectivity index (χ1n) is 15.2. The van der Waals surface area contributed by atoms with Crippen molar-refractivity contribution in [3.8, 4) is 11.4 Å². The average Bonchev–Trinajstić information content (AvgIpc) is 3.58. The highest BCUT2D eigenvalue weighted by atomic mass is 16.5. The second kappa shape index (κ2) is 12.6. The van der Waals surface area contributed by atoms with Gasteiger partial charge >= 0.3 is 5.69 Å². The molecule has 1 amide bonds. The molecular formula is C33H38N6O5. The van der Waals surface area contributed by atoms with Crippen molar-refractivity contribution in [2.45, 2.75) is 32.4 Å². The van der Waals surface area contributed by atoms with Gasteiger partial charge in [0.05, 0.1) is 42.1 Å². The van der Waals surface area contributed by atoms with Gasteiger partial charge in [0.25, 0.3) is 11.5 Å². The van der Waals surface area contributed by atoms with Gasteiger partial charge in [0, 0.05) is 51.5 Å². The molecular weight excluding hydrogens is 560 g/mol. The number of rotatable bonds is 8. The molecule has 4 aromatic rings. The number of methoxy groups -OCH3 is 1. The highest BCUT2D eigenvalue weighted by molar-refractivity contribution is 6.05. The van der Waals surface area contributed by atoms with E-state index in [1.54, 1.807) is 55.3 Å². The first-order valence-corrected chi connectivity index (χ1v) is 15.2. The number of fused-ring (bicyclic) bond motifs is 1. The minimum atomic E-state index is -0.921. The number of para-hydroxylation sites is 3. The molecule has 2 aromatic carbocycles. The van der Waals surface area contributed by atoms with Crippen LogP contribution in [0.5, 0.6) is 5.75 Å². The van der Waals surface area contributed by atoms with E-state index in [0.717, 1.165) is 55.0 Å². The molecule has 2 aliphatic rings. The normalized spacial score (nSPS) is 16.4. The number of anilines is 1. The highest BCUT2D eigenvalue weighted by Crippen LogP contribution is 2.28. The lowest BCUT2D eigenvalue weighted by Gasteiger charge is -2.37. The molecule has 1 atom stereocenters. The number of aliphatic hydroxyl groups excluding tert-OH is 1. The van der Waals surface area contributed by atoms with Crippen molar-refractivity contribution in [1.82, 2.24) is 23.9 Å². The second-order valence-corrected chi connectivity index (χ2v) is 11.5. The molecule has 0 aliphatic carbocycles. The van der Waals surface area contributed by atoms with Crippen LogP contribution in [-0.2, 0) is 6.54 Å². The summed E-state index contributed by atoms with van der Waals surface area (Å²) >= 11 is 0. The average molecular weight is 599 g/mol. The molecule has 44 heavy (non-hydrogen) atoms. The molecule has 2 aliphatic heterocycles. The number of nitrogens with zero attached hydrogens (tertiary/aromatic N) is 6. The van der Waals surface area contributed by atoms with Gasteiger partial charge in [-0.3, -0.25) is 19.1 Å². The third-order valence-electron chi connectivity index (χ3n) is 8.52. The van der Waals surface area contributed by atoms with E-state index in [-0.39, 0.29) is 29.0 Å². The van der Waals surface area contributed by atoms with Crippen molar-refractivity contribution in [1.29, 1.82) is 0 Å². The summed E-state index contributed by atoms with van der Waals surface area (Å²) in [5.41, 5.74) is 1.11.